The van der Waals surface area contributed by atoms with E-state index in [1.807, 2.05) is 20.8 Å². The highest BCUT2D eigenvalue weighted by molar-refractivity contribution is 5.69. The lowest BCUT2D eigenvalue weighted by molar-refractivity contribution is 0.0385. The maximum Gasteiger partial charge on any atom is 0.407 e. The van der Waals surface area contributed by atoms with Crippen molar-refractivity contribution >= 4 is 6.09 Å². The van der Waals surface area contributed by atoms with Crippen LogP contribution in [0.2, 0.25) is 0 Å². The Bertz CT molecular complexity index is 457. The molecule has 1 aliphatic heterocycles. The van der Waals surface area contributed by atoms with Crippen LogP contribution in [0, 0.1) is 18.2 Å². The SMILES string of the molecule is Cc1cc(F)ccc1[C@@H]1NC(=O)OCC1(C)C. The fraction of sp³-hybridized carbons (Fsp3) is 0.462. The normalized spacial score (nSPS) is 22.8. The van der Waals surface area contributed by atoms with Gasteiger partial charge in [-0.3, -0.25) is 0 Å². The second-order valence-electron chi connectivity index (χ2n) is 5.14. The topological polar surface area (TPSA) is 38.3 Å². The summed E-state index contributed by atoms with van der Waals surface area (Å²) in [6.07, 6.45) is -0.418. The van der Waals surface area contributed by atoms with Gasteiger partial charge in [0.25, 0.3) is 0 Å². The Morgan fingerprint density at radius 2 is 2.18 bits per heavy atom. The summed E-state index contributed by atoms with van der Waals surface area (Å²) in [5, 5.41) is 2.80. The van der Waals surface area contributed by atoms with Gasteiger partial charge in [-0.25, -0.2) is 9.18 Å². The van der Waals surface area contributed by atoms with Crippen molar-refractivity contribution in [2.75, 3.05) is 6.61 Å². The number of cyclic esters (lactones) is 1. The quantitative estimate of drug-likeness (QED) is 0.815. The van der Waals surface area contributed by atoms with Gasteiger partial charge in [0, 0.05) is 5.41 Å². The number of hydrogen-bond acceptors (Lipinski definition) is 2. The Hall–Kier alpha value is -1.58. The molecule has 1 aliphatic rings. The summed E-state index contributed by atoms with van der Waals surface area (Å²) in [5.41, 5.74) is 1.56. The van der Waals surface area contributed by atoms with Crippen LogP contribution in [-0.4, -0.2) is 12.7 Å². The number of ether oxygens (including phenoxy) is 1. The average Bonchev–Trinajstić information content (AvgIpc) is 2.23. The molecule has 1 heterocycles. The summed E-state index contributed by atoms with van der Waals surface area (Å²) in [4.78, 5) is 11.3. The van der Waals surface area contributed by atoms with E-state index in [1.54, 1.807) is 6.07 Å². The van der Waals surface area contributed by atoms with Crippen LogP contribution in [0.4, 0.5) is 9.18 Å². The predicted molar refractivity (Wildman–Crippen MR) is 62.1 cm³/mol. The largest absolute Gasteiger partial charge is 0.449 e. The van der Waals surface area contributed by atoms with Crippen LogP contribution < -0.4 is 5.32 Å². The number of alkyl carbamates (subject to hydrolysis) is 1. The third kappa shape index (κ3) is 2.25. The van der Waals surface area contributed by atoms with Crippen molar-refractivity contribution in [1.29, 1.82) is 0 Å². The van der Waals surface area contributed by atoms with Crippen LogP contribution in [0.3, 0.4) is 0 Å². The number of amides is 1. The molecule has 0 spiro atoms. The molecule has 1 aromatic rings. The highest BCUT2D eigenvalue weighted by atomic mass is 19.1. The van der Waals surface area contributed by atoms with Crippen LogP contribution in [-0.2, 0) is 4.74 Å². The van der Waals surface area contributed by atoms with Gasteiger partial charge in [-0.1, -0.05) is 19.9 Å². The van der Waals surface area contributed by atoms with Crippen molar-refractivity contribution in [3.63, 3.8) is 0 Å². The lowest BCUT2D eigenvalue weighted by Crippen LogP contribution is -2.47. The number of benzene rings is 1. The monoisotopic (exact) mass is 237 g/mol. The number of carbonyl (C=O) groups excluding carboxylic acids is 1. The molecule has 1 saturated heterocycles. The summed E-state index contributed by atoms with van der Waals surface area (Å²) in [6, 6.07) is 4.47. The number of aryl methyl sites for hydroxylation is 1. The van der Waals surface area contributed by atoms with Crippen molar-refractivity contribution in [2.45, 2.75) is 26.8 Å². The molecule has 0 radical (unpaired) electrons. The fourth-order valence-electron chi connectivity index (χ4n) is 2.15. The van der Waals surface area contributed by atoms with Crippen molar-refractivity contribution in [3.05, 3.63) is 35.1 Å². The summed E-state index contributed by atoms with van der Waals surface area (Å²) in [6.45, 7) is 6.23. The maximum atomic E-state index is 13.1. The van der Waals surface area contributed by atoms with Gasteiger partial charge in [-0.05, 0) is 30.2 Å². The molecule has 0 bridgehead atoms. The van der Waals surface area contributed by atoms with Crippen molar-refractivity contribution in [1.82, 2.24) is 5.32 Å². The summed E-state index contributed by atoms with van der Waals surface area (Å²) in [5.74, 6) is -0.262. The lowest BCUT2D eigenvalue weighted by Gasteiger charge is -2.39. The van der Waals surface area contributed by atoms with Crippen LogP contribution in [0.25, 0.3) is 0 Å². The molecule has 1 fully saturated rings. The van der Waals surface area contributed by atoms with E-state index in [1.165, 1.54) is 12.1 Å². The Morgan fingerprint density at radius 3 is 2.82 bits per heavy atom. The molecular formula is C13H16FNO2. The molecule has 1 N–H and O–H groups in total. The van der Waals surface area contributed by atoms with Crippen molar-refractivity contribution in [3.8, 4) is 0 Å². The van der Waals surface area contributed by atoms with E-state index in [-0.39, 0.29) is 17.3 Å². The highest BCUT2D eigenvalue weighted by Crippen LogP contribution is 2.37. The van der Waals surface area contributed by atoms with E-state index in [0.29, 0.717) is 6.61 Å². The minimum Gasteiger partial charge on any atom is -0.449 e. The van der Waals surface area contributed by atoms with Gasteiger partial charge in [0.15, 0.2) is 0 Å². The molecule has 1 atom stereocenters. The van der Waals surface area contributed by atoms with Gasteiger partial charge < -0.3 is 10.1 Å². The smallest absolute Gasteiger partial charge is 0.407 e. The molecule has 3 nitrogen and oxygen atoms in total. The molecule has 92 valence electrons. The van der Waals surface area contributed by atoms with Crippen LogP contribution in [0.1, 0.15) is 31.0 Å². The Labute approximate surface area is 100.0 Å². The maximum absolute atomic E-state index is 13.1. The third-order valence-corrected chi connectivity index (χ3v) is 3.16. The highest BCUT2D eigenvalue weighted by Gasteiger charge is 2.38. The number of rotatable bonds is 1. The van der Waals surface area contributed by atoms with E-state index in [2.05, 4.69) is 5.32 Å². The predicted octanol–water partition coefficient (Wildman–Crippen LogP) is 2.94. The molecule has 0 aromatic heterocycles. The molecule has 1 amide bonds. The molecule has 0 unspecified atom stereocenters. The number of nitrogens with one attached hydrogen (secondary N) is 1. The van der Waals surface area contributed by atoms with Crippen molar-refractivity contribution < 1.29 is 13.9 Å². The lowest BCUT2D eigenvalue weighted by atomic mass is 9.79. The molecule has 1 aromatic carbocycles. The standard InChI is InChI=1S/C13H16FNO2/c1-8-6-9(14)4-5-10(8)11-13(2,3)7-17-12(16)15-11/h4-6,11H,7H2,1-3H3,(H,15,16)/t11-/m0/s1. The first-order valence-corrected chi connectivity index (χ1v) is 5.59. The van der Waals surface area contributed by atoms with Gasteiger partial charge in [-0.2, -0.15) is 0 Å². The minimum atomic E-state index is -0.418. The first kappa shape index (κ1) is 11.9. The van der Waals surface area contributed by atoms with Gasteiger partial charge in [0.2, 0.25) is 0 Å². The zero-order valence-corrected chi connectivity index (χ0v) is 10.2. The molecule has 0 saturated carbocycles. The number of halogens is 1. The van der Waals surface area contributed by atoms with Crippen LogP contribution in [0.15, 0.2) is 18.2 Å². The van der Waals surface area contributed by atoms with E-state index in [0.717, 1.165) is 11.1 Å². The third-order valence-electron chi connectivity index (χ3n) is 3.16. The van der Waals surface area contributed by atoms with E-state index in [9.17, 15) is 9.18 Å². The van der Waals surface area contributed by atoms with Crippen LogP contribution >= 0.6 is 0 Å². The Kier molecular flexibility index (Phi) is 2.81. The first-order valence-electron chi connectivity index (χ1n) is 5.59. The van der Waals surface area contributed by atoms with Gasteiger partial charge >= 0.3 is 6.09 Å². The fourth-order valence-corrected chi connectivity index (χ4v) is 2.15. The molecule has 0 aliphatic carbocycles. The molecular weight excluding hydrogens is 221 g/mol. The summed E-state index contributed by atoms with van der Waals surface area (Å²) < 4.78 is 18.1. The second kappa shape index (κ2) is 4.02. The van der Waals surface area contributed by atoms with Crippen LogP contribution in [0.5, 0.6) is 0 Å². The van der Waals surface area contributed by atoms with Gasteiger partial charge in [0.05, 0.1) is 6.04 Å². The van der Waals surface area contributed by atoms with E-state index in [4.69, 9.17) is 4.74 Å². The Morgan fingerprint density at radius 1 is 1.47 bits per heavy atom. The van der Waals surface area contributed by atoms with Crippen molar-refractivity contribution in [2.24, 2.45) is 5.41 Å². The zero-order valence-electron chi connectivity index (χ0n) is 10.2. The number of hydrogen-bond donors (Lipinski definition) is 1. The zero-order chi connectivity index (χ0) is 12.6. The number of carbonyl (C=O) groups is 1. The molecule has 2 rings (SSSR count). The van der Waals surface area contributed by atoms with Gasteiger partial charge in [0.1, 0.15) is 12.4 Å². The first-order chi connectivity index (χ1) is 7.90. The average molecular weight is 237 g/mol. The van der Waals surface area contributed by atoms with Gasteiger partial charge in [-0.15, -0.1) is 0 Å². The summed E-state index contributed by atoms with van der Waals surface area (Å²) >= 11 is 0. The van der Waals surface area contributed by atoms with E-state index >= 15 is 0 Å². The second-order valence-corrected chi connectivity index (χ2v) is 5.14. The summed E-state index contributed by atoms with van der Waals surface area (Å²) in [7, 11) is 0. The van der Waals surface area contributed by atoms with E-state index < -0.39 is 6.09 Å². The molecule has 4 heteroatoms. The Balaban J connectivity index is 2.39. The minimum absolute atomic E-state index is 0.149. The molecule has 17 heavy (non-hydrogen) atoms.